The van der Waals surface area contributed by atoms with Gasteiger partial charge < -0.3 is 24.1 Å². The highest BCUT2D eigenvalue weighted by Gasteiger charge is 2.26. The number of nitrogens with zero attached hydrogens (tertiary/aromatic N) is 4. The normalized spacial score (nSPS) is 15.0. The number of nitrogen functional groups attached to an aromatic ring is 1. The smallest absolute Gasteiger partial charge is 0.356 e. The van der Waals surface area contributed by atoms with Crippen LogP contribution in [0, 0.1) is 0 Å². The van der Waals surface area contributed by atoms with Crippen LogP contribution in [0.25, 0.3) is 11.2 Å². The van der Waals surface area contributed by atoms with Gasteiger partial charge in [-0.15, -0.1) is 0 Å². The SMILES string of the molecule is CCCCOP(=O)(CO[C@H](C)Cn1cnc2c(N)ncnc21)OCCSSC. The van der Waals surface area contributed by atoms with E-state index >= 15 is 0 Å². The second kappa shape index (κ2) is 12.0. The number of ether oxygens (including phenoxy) is 1. The van der Waals surface area contributed by atoms with Crippen LogP contribution in [-0.4, -0.2) is 57.2 Å². The second-order valence-corrected chi connectivity index (χ2v) is 10.7. The van der Waals surface area contributed by atoms with E-state index in [1.54, 1.807) is 27.9 Å². The molecular weight excluding hydrogens is 421 g/mol. The number of aromatic nitrogens is 4. The maximum absolute atomic E-state index is 13.0. The van der Waals surface area contributed by atoms with E-state index in [1.165, 1.54) is 6.33 Å². The Morgan fingerprint density at radius 1 is 1.29 bits per heavy atom. The van der Waals surface area contributed by atoms with Crippen molar-refractivity contribution >= 4 is 46.2 Å². The Kier molecular flexibility index (Phi) is 10.0. The number of imidazole rings is 1. The average Bonchev–Trinajstić information content (AvgIpc) is 3.08. The fraction of sp³-hybridized carbons (Fsp3) is 0.688. The summed E-state index contributed by atoms with van der Waals surface area (Å²) in [5.41, 5.74) is 7.00. The van der Waals surface area contributed by atoms with Crippen molar-refractivity contribution in [3.8, 4) is 0 Å². The quantitative estimate of drug-likeness (QED) is 0.259. The van der Waals surface area contributed by atoms with Crippen molar-refractivity contribution in [3.05, 3.63) is 12.7 Å². The molecule has 1 unspecified atom stereocenters. The van der Waals surface area contributed by atoms with Crippen molar-refractivity contribution in [1.29, 1.82) is 0 Å². The molecule has 0 saturated heterocycles. The van der Waals surface area contributed by atoms with Crippen LogP contribution in [0.4, 0.5) is 5.82 Å². The minimum atomic E-state index is -3.30. The molecule has 9 nitrogen and oxygen atoms in total. The Bertz CT molecular complexity index is 779. The van der Waals surface area contributed by atoms with Gasteiger partial charge in [-0.05, 0) is 19.6 Å². The maximum Gasteiger partial charge on any atom is 0.356 e. The summed E-state index contributed by atoms with van der Waals surface area (Å²) < 4.78 is 31.7. The van der Waals surface area contributed by atoms with Crippen molar-refractivity contribution in [2.24, 2.45) is 0 Å². The van der Waals surface area contributed by atoms with Crippen LogP contribution in [0.1, 0.15) is 26.7 Å². The summed E-state index contributed by atoms with van der Waals surface area (Å²) in [5, 5.41) is 0. The number of unbranched alkanes of at least 4 members (excludes halogenated alkanes) is 1. The van der Waals surface area contributed by atoms with Crippen molar-refractivity contribution < 1.29 is 18.3 Å². The molecule has 2 aromatic heterocycles. The summed E-state index contributed by atoms with van der Waals surface area (Å²) >= 11 is 0. The van der Waals surface area contributed by atoms with Gasteiger partial charge in [0, 0.05) is 5.75 Å². The summed E-state index contributed by atoms with van der Waals surface area (Å²) in [6, 6.07) is 0. The Hall–Kier alpha value is -0.840. The lowest BCUT2D eigenvalue weighted by molar-refractivity contribution is 0.0664. The number of anilines is 1. The minimum Gasteiger partial charge on any atom is -0.382 e. The first-order chi connectivity index (χ1) is 13.5. The summed E-state index contributed by atoms with van der Waals surface area (Å²) in [5.74, 6) is 1.07. The molecule has 0 amide bonds. The molecule has 0 radical (unpaired) electrons. The molecule has 2 atom stereocenters. The van der Waals surface area contributed by atoms with Gasteiger partial charge in [0.05, 0.1) is 32.2 Å². The first-order valence-corrected chi connectivity index (χ1v) is 13.5. The highest BCUT2D eigenvalue weighted by molar-refractivity contribution is 8.76. The third-order valence-corrected chi connectivity index (χ3v) is 7.15. The first kappa shape index (κ1) is 23.4. The standard InChI is InChI=1S/C16H28N5O4PS2/c1-4-5-6-24-26(22,25-7-8-28-27-3)12-23-13(2)9-21-11-20-14-15(17)18-10-19-16(14)21/h10-11,13H,4-9,12H2,1-3H3,(H2,17,18,19)/t13-,26?/m1/s1. The van der Waals surface area contributed by atoms with Gasteiger partial charge in [0.15, 0.2) is 11.5 Å². The average molecular weight is 450 g/mol. The lowest BCUT2D eigenvalue weighted by Gasteiger charge is -2.21. The van der Waals surface area contributed by atoms with Crippen molar-refractivity contribution in [1.82, 2.24) is 19.5 Å². The highest BCUT2D eigenvalue weighted by Crippen LogP contribution is 2.48. The van der Waals surface area contributed by atoms with E-state index in [0.717, 1.165) is 18.6 Å². The van der Waals surface area contributed by atoms with Crippen LogP contribution < -0.4 is 5.73 Å². The molecule has 12 heteroatoms. The van der Waals surface area contributed by atoms with Crippen LogP contribution in [0.15, 0.2) is 12.7 Å². The molecule has 2 heterocycles. The molecule has 0 spiro atoms. The number of fused-ring (bicyclic) bond motifs is 1. The number of nitrogens with two attached hydrogens (primary N) is 1. The number of hydrogen-bond acceptors (Lipinski definition) is 10. The van der Waals surface area contributed by atoms with E-state index in [4.69, 9.17) is 19.5 Å². The molecule has 0 aliphatic rings. The Balaban J connectivity index is 1.92. The second-order valence-electron chi connectivity index (χ2n) is 6.05. The molecule has 158 valence electrons. The summed E-state index contributed by atoms with van der Waals surface area (Å²) in [6.45, 7) is 5.16. The van der Waals surface area contributed by atoms with Gasteiger partial charge in [0.1, 0.15) is 18.2 Å². The zero-order valence-corrected chi connectivity index (χ0v) is 19.0. The van der Waals surface area contributed by atoms with Gasteiger partial charge in [-0.2, -0.15) is 0 Å². The fourth-order valence-corrected chi connectivity index (χ4v) is 4.92. The molecule has 2 N–H and O–H groups in total. The van der Waals surface area contributed by atoms with Crippen LogP contribution in [0.3, 0.4) is 0 Å². The minimum absolute atomic E-state index is 0.0917. The van der Waals surface area contributed by atoms with Gasteiger partial charge in [-0.25, -0.2) is 15.0 Å². The third kappa shape index (κ3) is 7.20. The number of rotatable bonds is 14. The summed E-state index contributed by atoms with van der Waals surface area (Å²) in [7, 11) is -0.0134. The van der Waals surface area contributed by atoms with Crippen molar-refractivity contribution in [3.63, 3.8) is 0 Å². The predicted molar refractivity (Wildman–Crippen MR) is 116 cm³/mol. The molecule has 28 heavy (non-hydrogen) atoms. The summed E-state index contributed by atoms with van der Waals surface area (Å²) in [4.78, 5) is 12.4. The van der Waals surface area contributed by atoms with E-state index in [0.29, 0.717) is 36.7 Å². The molecule has 2 aromatic rings. The maximum atomic E-state index is 13.0. The molecule has 0 aliphatic heterocycles. The zero-order chi connectivity index (χ0) is 20.4. The Morgan fingerprint density at radius 3 is 2.82 bits per heavy atom. The van der Waals surface area contributed by atoms with Crippen LogP contribution in [-0.2, 0) is 24.9 Å². The van der Waals surface area contributed by atoms with Gasteiger partial charge in [0.25, 0.3) is 0 Å². The van der Waals surface area contributed by atoms with E-state index in [2.05, 4.69) is 21.9 Å². The molecule has 0 aliphatic carbocycles. The molecule has 0 saturated carbocycles. The van der Waals surface area contributed by atoms with Gasteiger partial charge in [0.2, 0.25) is 0 Å². The molecule has 0 bridgehead atoms. The van der Waals surface area contributed by atoms with E-state index in [9.17, 15) is 4.57 Å². The number of hydrogen-bond donors (Lipinski definition) is 1. The summed E-state index contributed by atoms with van der Waals surface area (Å²) in [6.07, 6.45) is 6.47. The fourth-order valence-electron chi connectivity index (χ4n) is 2.33. The lowest BCUT2D eigenvalue weighted by atomic mass is 10.4. The molecular formula is C16H28N5O4PS2. The Morgan fingerprint density at radius 2 is 2.07 bits per heavy atom. The van der Waals surface area contributed by atoms with Crippen LogP contribution >= 0.6 is 29.2 Å². The van der Waals surface area contributed by atoms with Crippen LogP contribution in [0.5, 0.6) is 0 Å². The largest absolute Gasteiger partial charge is 0.382 e. The third-order valence-electron chi connectivity index (χ3n) is 3.76. The first-order valence-electron chi connectivity index (χ1n) is 9.05. The van der Waals surface area contributed by atoms with Crippen LogP contribution in [0.2, 0.25) is 0 Å². The monoisotopic (exact) mass is 449 g/mol. The molecule has 0 fully saturated rings. The van der Waals surface area contributed by atoms with Crippen molar-refractivity contribution in [2.75, 3.05) is 37.3 Å². The van der Waals surface area contributed by atoms with Crippen molar-refractivity contribution in [2.45, 2.75) is 39.3 Å². The molecule has 2 rings (SSSR count). The topological polar surface area (TPSA) is 114 Å². The van der Waals surface area contributed by atoms with Gasteiger partial charge in [-0.1, -0.05) is 34.9 Å². The lowest BCUT2D eigenvalue weighted by Crippen LogP contribution is -2.18. The van der Waals surface area contributed by atoms with Gasteiger partial charge in [-0.3, -0.25) is 4.57 Å². The van der Waals surface area contributed by atoms with Gasteiger partial charge >= 0.3 is 7.60 Å². The molecule has 0 aromatic carbocycles. The highest BCUT2D eigenvalue weighted by atomic mass is 33.1. The van der Waals surface area contributed by atoms with E-state index in [-0.39, 0.29) is 12.5 Å². The zero-order valence-electron chi connectivity index (χ0n) is 16.4. The van der Waals surface area contributed by atoms with E-state index in [1.807, 2.05) is 17.7 Å². The Labute approximate surface area is 173 Å². The predicted octanol–water partition coefficient (Wildman–Crippen LogP) is 3.81. The van der Waals surface area contributed by atoms with E-state index < -0.39 is 7.60 Å².